The largest absolute Gasteiger partial charge is 0.310 e. The van der Waals surface area contributed by atoms with E-state index in [1.165, 1.54) is 86.6 Å². The van der Waals surface area contributed by atoms with Gasteiger partial charge in [-0.05, 0) is 131 Å². The standard InChI is InChI=1S/C52H33NS/c1-2-10-37(11-3-1)50-29-30-51(54-50)38-23-27-42(28-24-38)53(43-31-40-12-8-16-47-45-14-6-7-15-46(45)49(33-43)52(40)47)41-25-21-34(22-26-41)39-20-19-36-18-17-35-9-4-5-13-44(35)48(36)32-39/h1-33H. The molecule has 0 N–H and O–H groups in total. The summed E-state index contributed by atoms with van der Waals surface area (Å²) in [5.74, 6) is 0. The smallest absolute Gasteiger partial charge is 0.0474 e. The molecule has 0 bridgehead atoms. The molecule has 0 saturated heterocycles. The zero-order chi connectivity index (χ0) is 35.6. The molecule has 1 heterocycles. The Balaban J connectivity index is 1.02. The molecular formula is C52H33NS. The number of benzene rings is 9. The van der Waals surface area contributed by atoms with E-state index >= 15 is 0 Å². The summed E-state index contributed by atoms with van der Waals surface area (Å²) >= 11 is 1.84. The van der Waals surface area contributed by atoms with E-state index in [0.29, 0.717) is 0 Å². The highest BCUT2D eigenvalue weighted by Gasteiger charge is 2.24. The Morgan fingerprint density at radius 2 is 0.852 bits per heavy atom. The van der Waals surface area contributed by atoms with Crippen LogP contribution in [0.5, 0.6) is 0 Å². The first-order chi connectivity index (χ1) is 26.7. The summed E-state index contributed by atoms with van der Waals surface area (Å²) < 4.78 is 0. The van der Waals surface area contributed by atoms with Crippen LogP contribution in [-0.4, -0.2) is 0 Å². The van der Waals surface area contributed by atoms with Gasteiger partial charge in [-0.2, -0.15) is 0 Å². The second kappa shape index (κ2) is 12.4. The summed E-state index contributed by atoms with van der Waals surface area (Å²) in [5, 5.41) is 7.69. The molecule has 1 aliphatic rings. The van der Waals surface area contributed by atoms with Gasteiger partial charge >= 0.3 is 0 Å². The number of nitrogens with zero attached hydrogens (tertiary/aromatic N) is 1. The van der Waals surface area contributed by atoms with Gasteiger partial charge < -0.3 is 4.90 Å². The predicted molar refractivity (Wildman–Crippen MR) is 232 cm³/mol. The third-order valence-electron chi connectivity index (χ3n) is 11.0. The van der Waals surface area contributed by atoms with Crippen LogP contribution in [0, 0.1) is 0 Å². The van der Waals surface area contributed by atoms with E-state index in [-0.39, 0.29) is 0 Å². The highest BCUT2D eigenvalue weighted by atomic mass is 32.1. The van der Waals surface area contributed by atoms with Crippen molar-refractivity contribution >= 4 is 60.7 Å². The normalized spacial score (nSPS) is 11.7. The Labute approximate surface area is 318 Å². The highest BCUT2D eigenvalue weighted by molar-refractivity contribution is 7.18. The van der Waals surface area contributed by atoms with Crippen LogP contribution in [-0.2, 0) is 0 Å². The van der Waals surface area contributed by atoms with Crippen LogP contribution >= 0.6 is 11.3 Å². The molecular weight excluding hydrogens is 671 g/mol. The van der Waals surface area contributed by atoms with E-state index in [4.69, 9.17) is 0 Å². The van der Waals surface area contributed by atoms with Gasteiger partial charge in [0.2, 0.25) is 0 Å². The first kappa shape index (κ1) is 30.8. The van der Waals surface area contributed by atoms with E-state index in [1.54, 1.807) is 0 Å². The number of rotatable bonds is 6. The van der Waals surface area contributed by atoms with E-state index < -0.39 is 0 Å². The van der Waals surface area contributed by atoms with Gasteiger partial charge in [-0.1, -0.05) is 146 Å². The minimum atomic E-state index is 1.12. The Bertz CT molecular complexity index is 3030. The molecule has 0 spiro atoms. The monoisotopic (exact) mass is 703 g/mol. The maximum Gasteiger partial charge on any atom is 0.0474 e. The lowest BCUT2D eigenvalue weighted by Crippen LogP contribution is -2.10. The van der Waals surface area contributed by atoms with Gasteiger partial charge in [0.1, 0.15) is 0 Å². The van der Waals surface area contributed by atoms with Crippen molar-refractivity contribution in [3.8, 4) is 54.3 Å². The van der Waals surface area contributed by atoms with Crippen molar-refractivity contribution in [2.24, 2.45) is 0 Å². The van der Waals surface area contributed by atoms with Gasteiger partial charge in [0.15, 0.2) is 0 Å². The van der Waals surface area contributed by atoms with Gasteiger partial charge in [0.05, 0.1) is 0 Å². The van der Waals surface area contributed by atoms with Gasteiger partial charge in [-0.3, -0.25) is 0 Å². The molecule has 0 amide bonds. The SMILES string of the molecule is c1ccc(-c2ccc(-c3ccc(N(c4ccc(-c5ccc6ccc7ccccc7c6c5)cc4)c4cc5c6c(cccc6c4)-c4ccccc4-5)cc3)s2)cc1. The Morgan fingerprint density at radius 3 is 1.61 bits per heavy atom. The second-order valence-electron chi connectivity index (χ2n) is 14.1. The molecule has 0 atom stereocenters. The van der Waals surface area contributed by atoms with Crippen LogP contribution in [0.25, 0.3) is 86.6 Å². The van der Waals surface area contributed by atoms with Crippen molar-refractivity contribution in [2.75, 3.05) is 4.90 Å². The fourth-order valence-corrected chi connectivity index (χ4v) is 9.41. The van der Waals surface area contributed by atoms with Crippen LogP contribution in [0.15, 0.2) is 200 Å². The Morgan fingerprint density at radius 1 is 0.296 bits per heavy atom. The minimum Gasteiger partial charge on any atom is -0.310 e. The molecule has 9 aromatic carbocycles. The van der Waals surface area contributed by atoms with Gasteiger partial charge in [0, 0.05) is 26.8 Å². The van der Waals surface area contributed by atoms with Gasteiger partial charge in [0.25, 0.3) is 0 Å². The van der Waals surface area contributed by atoms with Crippen molar-refractivity contribution in [1.82, 2.24) is 0 Å². The van der Waals surface area contributed by atoms with Gasteiger partial charge in [-0.25, -0.2) is 0 Å². The number of hydrogen-bond donors (Lipinski definition) is 0. The number of hydrogen-bond acceptors (Lipinski definition) is 2. The topological polar surface area (TPSA) is 3.24 Å². The molecule has 2 heteroatoms. The van der Waals surface area contributed by atoms with Crippen molar-refractivity contribution in [2.45, 2.75) is 0 Å². The van der Waals surface area contributed by atoms with Gasteiger partial charge in [-0.15, -0.1) is 11.3 Å². The number of anilines is 3. The molecule has 11 rings (SSSR count). The first-order valence-corrected chi connectivity index (χ1v) is 19.3. The van der Waals surface area contributed by atoms with E-state index in [1.807, 2.05) is 11.3 Å². The summed E-state index contributed by atoms with van der Waals surface area (Å²) in [6.07, 6.45) is 0. The summed E-state index contributed by atoms with van der Waals surface area (Å²) in [6, 6.07) is 73.5. The van der Waals surface area contributed by atoms with E-state index in [9.17, 15) is 0 Å². The molecule has 54 heavy (non-hydrogen) atoms. The van der Waals surface area contributed by atoms with Crippen LogP contribution in [0.1, 0.15) is 0 Å². The van der Waals surface area contributed by atoms with Crippen molar-refractivity contribution in [3.05, 3.63) is 200 Å². The molecule has 0 aliphatic heterocycles. The summed E-state index contributed by atoms with van der Waals surface area (Å²) in [7, 11) is 0. The maximum atomic E-state index is 2.41. The number of thiophene rings is 1. The molecule has 1 aromatic heterocycles. The lowest BCUT2D eigenvalue weighted by atomic mass is 9.97. The average Bonchev–Trinajstić information content (AvgIpc) is 3.87. The fourth-order valence-electron chi connectivity index (χ4n) is 8.39. The minimum absolute atomic E-state index is 1.12. The molecule has 0 unspecified atom stereocenters. The Kier molecular flexibility index (Phi) is 7.11. The molecule has 1 nitrogen and oxygen atoms in total. The fraction of sp³-hybridized carbons (Fsp3) is 0. The second-order valence-corrected chi connectivity index (χ2v) is 15.2. The summed E-state index contributed by atoms with van der Waals surface area (Å²) in [4.78, 5) is 4.96. The lowest BCUT2D eigenvalue weighted by molar-refractivity contribution is 1.29. The predicted octanol–water partition coefficient (Wildman–Crippen LogP) is 15.3. The van der Waals surface area contributed by atoms with Crippen molar-refractivity contribution < 1.29 is 0 Å². The maximum absolute atomic E-state index is 2.41. The molecule has 0 saturated carbocycles. The van der Waals surface area contributed by atoms with Crippen LogP contribution in [0.2, 0.25) is 0 Å². The third-order valence-corrected chi connectivity index (χ3v) is 12.2. The van der Waals surface area contributed by atoms with Crippen LogP contribution in [0.4, 0.5) is 17.1 Å². The molecule has 252 valence electrons. The molecule has 0 fully saturated rings. The van der Waals surface area contributed by atoms with Crippen molar-refractivity contribution in [3.63, 3.8) is 0 Å². The molecule has 1 aliphatic carbocycles. The number of fused-ring (bicyclic) bond motifs is 6. The quantitative estimate of drug-likeness (QED) is 0.156. The highest BCUT2D eigenvalue weighted by Crippen LogP contribution is 2.50. The zero-order valence-corrected chi connectivity index (χ0v) is 30.2. The van der Waals surface area contributed by atoms with Crippen LogP contribution < -0.4 is 4.90 Å². The Hall–Kier alpha value is -6.74. The van der Waals surface area contributed by atoms with Crippen molar-refractivity contribution in [1.29, 1.82) is 0 Å². The first-order valence-electron chi connectivity index (χ1n) is 18.5. The summed E-state index contributed by atoms with van der Waals surface area (Å²) in [6.45, 7) is 0. The lowest BCUT2D eigenvalue weighted by Gasteiger charge is -2.27. The molecule has 10 aromatic rings. The van der Waals surface area contributed by atoms with Crippen LogP contribution in [0.3, 0.4) is 0 Å². The third kappa shape index (κ3) is 5.07. The zero-order valence-electron chi connectivity index (χ0n) is 29.4. The average molecular weight is 704 g/mol. The summed E-state index contributed by atoms with van der Waals surface area (Å²) in [5.41, 5.74) is 13.5. The van der Waals surface area contributed by atoms with E-state index in [0.717, 1.165) is 17.1 Å². The van der Waals surface area contributed by atoms with E-state index in [2.05, 4.69) is 205 Å². The molecule has 0 radical (unpaired) electrons.